The third kappa shape index (κ3) is 4.18. The summed E-state index contributed by atoms with van der Waals surface area (Å²) in [4.78, 5) is 1.62. The second kappa shape index (κ2) is 6.20. The molecular formula is C13H9F3N2S2. The van der Waals surface area contributed by atoms with Gasteiger partial charge in [-0.3, -0.25) is 0 Å². The van der Waals surface area contributed by atoms with E-state index in [0.717, 1.165) is 4.88 Å². The van der Waals surface area contributed by atoms with Gasteiger partial charge in [-0.05, 0) is 36.0 Å². The van der Waals surface area contributed by atoms with Gasteiger partial charge >= 0.3 is 5.51 Å². The summed E-state index contributed by atoms with van der Waals surface area (Å²) < 4.78 is 37.3. The van der Waals surface area contributed by atoms with Crippen molar-refractivity contribution in [3.05, 3.63) is 46.2 Å². The van der Waals surface area contributed by atoms with Crippen molar-refractivity contribution in [2.24, 2.45) is 0 Å². The van der Waals surface area contributed by atoms with Gasteiger partial charge < -0.3 is 5.32 Å². The fraction of sp³-hybridized carbons (Fsp3) is 0.154. The molecule has 0 saturated carbocycles. The van der Waals surface area contributed by atoms with Crippen LogP contribution in [0.2, 0.25) is 0 Å². The molecule has 0 unspecified atom stereocenters. The summed E-state index contributed by atoms with van der Waals surface area (Å²) in [7, 11) is 0. The van der Waals surface area contributed by atoms with Crippen LogP contribution >= 0.6 is 23.1 Å². The zero-order valence-electron chi connectivity index (χ0n) is 10.1. The van der Waals surface area contributed by atoms with Crippen LogP contribution in [-0.4, -0.2) is 5.51 Å². The Morgan fingerprint density at radius 3 is 2.60 bits per heavy atom. The number of hydrogen-bond acceptors (Lipinski definition) is 4. The molecule has 2 nitrogen and oxygen atoms in total. The maximum atomic E-state index is 12.4. The van der Waals surface area contributed by atoms with Gasteiger partial charge in [-0.15, -0.1) is 11.3 Å². The Bertz CT molecular complexity index is 629. The van der Waals surface area contributed by atoms with E-state index in [-0.39, 0.29) is 16.7 Å². The van der Waals surface area contributed by atoms with Crippen molar-refractivity contribution in [2.45, 2.75) is 16.9 Å². The third-order valence-electron chi connectivity index (χ3n) is 2.34. The Labute approximate surface area is 122 Å². The number of halogens is 3. The average Bonchev–Trinajstić information content (AvgIpc) is 2.84. The normalized spacial score (nSPS) is 11.1. The topological polar surface area (TPSA) is 35.8 Å². The van der Waals surface area contributed by atoms with Crippen LogP contribution in [0.3, 0.4) is 0 Å². The summed E-state index contributed by atoms with van der Waals surface area (Å²) in [5, 5.41) is 11.7. The molecule has 0 saturated heterocycles. The monoisotopic (exact) mass is 314 g/mol. The lowest BCUT2D eigenvalue weighted by molar-refractivity contribution is -0.0327. The first kappa shape index (κ1) is 14.8. The molecule has 0 aliphatic rings. The van der Waals surface area contributed by atoms with E-state index in [1.54, 1.807) is 30.3 Å². The van der Waals surface area contributed by atoms with Crippen LogP contribution < -0.4 is 5.32 Å². The van der Waals surface area contributed by atoms with Crippen LogP contribution in [0.4, 0.5) is 18.9 Å². The first-order valence-electron chi connectivity index (χ1n) is 5.55. The minimum atomic E-state index is -4.31. The number of benzene rings is 1. The summed E-state index contributed by atoms with van der Waals surface area (Å²) in [6, 6.07) is 11.8. The van der Waals surface area contributed by atoms with Gasteiger partial charge in [-0.1, -0.05) is 12.1 Å². The highest BCUT2D eigenvalue weighted by Gasteiger charge is 2.30. The molecule has 0 atom stereocenters. The van der Waals surface area contributed by atoms with Gasteiger partial charge in [0.05, 0.1) is 0 Å². The fourth-order valence-corrected chi connectivity index (χ4v) is 2.93. The van der Waals surface area contributed by atoms with E-state index >= 15 is 0 Å². The van der Waals surface area contributed by atoms with Gasteiger partial charge in [0.25, 0.3) is 0 Å². The molecule has 0 amide bonds. The van der Waals surface area contributed by atoms with Crippen molar-refractivity contribution in [3.8, 4) is 6.07 Å². The van der Waals surface area contributed by atoms with Crippen molar-refractivity contribution >= 4 is 28.8 Å². The van der Waals surface area contributed by atoms with E-state index in [0.29, 0.717) is 17.1 Å². The molecule has 0 aliphatic carbocycles. The number of nitrogens with one attached hydrogen (secondary N) is 1. The Morgan fingerprint density at radius 1 is 1.20 bits per heavy atom. The highest BCUT2D eigenvalue weighted by Crippen LogP contribution is 2.40. The van der Waals surface area contributed by atoms with Crippen molar-refractivity contribution in [1.82, 2.24) is 0 Å². The summed E-state index contributed by atoms with van der Waals surface area (Å²) in [5.41, 5.74) is -3.88. The molecule has 0 aliphatic heterocycles. The number of thiophene rings is 1. The van der Waals surface area contributed by atoms with Crippen LogP contribution in [0.1, 0.15) is 9.75 Å². The lowest BCUT2D eigenvalue weighted by Crippen LogP contribution is -2.03. The Balaban J connectivity index is 2.07. The predicted molar refractivity (Wildman–Crippen MR) is 74.7 cm³/mol. The van der Waals surface area contributed by atoms with Crippen molar-refractivity contribution < 1.29 is 13.2 Å². The minimum absolute atomic E-state index is 0.136. The first-order chi connectivity index (χ1) is 9.48. The Hall–Kier alpha value is -1.65. The quantitative estimate of drug-likeness (QED) is 0.820. The van der Waals surface area contributed by atoms with Crippen LogP contribution in [0.5, 0.6) is 0 Å². The van der Waals surface area contributed by atoms with Gasteiger partial charge in [0.15, 0.2) is 0 Å². The Kier molecular flexibility index (Phi) is 4.57. The summed E-state index contributed by atoms with van der Waals surface area (Å²) in [6.07, 6.45) is 0. The largest absolute Gasteiger partial charge is 0.446 e. The van der Waals surface area contributed by atoms with Crippen LogP contribution in [-0.2, 0) is 6.54 Å². The molecule has 1 heterocycles. The van der Waals surface area contributed by atoms with E-state index in [2.05, 4.69) is 5.32 Å². The zero-order chi connectivity index (χ0) is 14.6. The SMILES string of the molecule is N#Cc1ccc(CNc2ccccc2SC(F)(F)F)s1. The number of thioether (sulfide) groups is 1. The second-order valence-electron chi connectivity index (χ2n) is 3.78. The number of nitriles is 1. The molecule has 2 aromatic rings. The van der Waals surface area contributed by atoms with E-state index in [1.165, 1.54) is 17.4 Å². The second-order valence-corrected chi connectivity index (χ2v) is 6.05. The van der Waals surface area contributed by atoms with Crippen molar-refractivity contribution in [1.29, 1.82) is 5.26 Å². The molecule has 0 fully saturated rings. The maximum absolute atomic E-state index is 12.4. The number of nitrogens with zero attached hydrogens (tertiary/aromatic N) is 1. The zero-order valence-corrected chi connectivity index (χ0v) is 11.7. The van der Waals surface area contributed by atoms with E-state index in [1.807, 2.05) is 6.07 Å². The van der Waals surface area contributed by atoms with Crippen LogP contribution in [0, 0.1) is 11.3 Å². The lowest BCUT2D eigenvalue weighted by atomic mass is 10.3. The molecule has 1 aromatic carbocycles. The van der Waals surface area contributed by atoms with E-state index in [4.69, 9.17) is 5.26 Å². The van der Waals surface area contributed by atoms with E-state index in [9.17, 15) is 13.2 Å². The molecule has 0 radical (unpaired) electrons. The number of alkyl halides is 3. The van der Waals surface area contributed by atoms with Gasteiger partial charge in [0.2, 0.25) is 0 Å². The smallest absolute Gasteiger partial charge is 0.379 e. The molecule has 104 valence electrons. The maximum Gasteiger partial charge on any atom is 0.446 e. The summed E-state index contributed by atoms with van der Waals surface area (Å²) in [5.74, 6) is 0. The molecular weight excluding hydrogens is 305 g/mol. The summed E-state index contributed by atoms with van der Waals surface area (Å²) >= 11 is 1.18. The van der Waals surface area contributed by atoms with Crippen molar-refractivity contribution in [2.75, 3.05) is 5.32 Å². The number of hydrogen-bond donors (Lipinski definition) is 1. The number of anilines is 1. The van der Waals surface area contributed by atoms with Gasteiger partial charge in [0.1, 0.15) is 10.9 Å². The Morgan fingerprint density at radius 2 is 1.95 bits per heavy atom. The van der Waals surface area contributed by atoms with Gasteiger partial charge in [-0.2, -0.15) is 18.4 Å². The minimum Gasteiger partial charge on any atom is -0.379 e. The predicted octanol–water partition coefficient (Wildman–Crippen LogP) is 4.84. The number of para-hydroxylation sites is 1. The fourth-order valence-electron chi connectivity index (χ4n) is 1.54. The average molecular weight is 314 g/mol. The molecule has 0 bridgehead atoms. The molecule has 1 N–H and O–H groups in total. The summed E-state index contributed by atoms with van der Waals surface area (Å²) in [6.45, 7) is 0.391. The number of rotatable bonds is 4. The molecule has 1 aromatic heterocycles. The molecule has 0 spiro atoms. The highest BCUT2D eigenvalue weighted by molar-refractivity contribution is 8.00. The first-order valence-corrected chi connectivity index (χ1v) is 7.19. The van der Waals surface area contributed by atoms with Crippen molar-refractivity contribution in [3.63, 3.8) is 0 Å². The van der Waals surface area contributed by atoms with Gasteiger partial charge in [-0.25, -0.2) is 0 Å². The van der Waals surface area contributed by atoms with Crippen LogP contribution in [0.25, 0.3) is 0 Å². The molecule has 2 rings (SSSR count). The molecule has 20 heavy (non-hydrogen) atoms. The lowest BCUT2D eigenvalue weighted by Gasteiger charge is -2.12. The van der Waals surface area contributed by atoms with E-state index < -0.39 is 5.51 Å². The standard InChI is InChI=1S/C13H9F3N2S2/c14-13(15,16)20-12-4-2-1-3-11(12)18-8-10-6-5-9(7-17)19-10/h1-6,18H,8H2. The third-order valence-corrected chi connectivity index (χ3v) is 4.13. The molecule has 7 heteroatoms. The van der Waals surface area contributed by atoms with Crippen LogP contribution in [0.15, 0.2) is 41.3 Å². The van der Waals surface area contributed by atoms with Gasteiger partial charge in [0, 0.05) is 22.0 Å². The highest BCUT2D eigenvalue weighted by atomic mass is 32.2.